The van der Waals surface area contributed by atoms with Crippen LogP contribution in [-0.2, 0) is 21.4 Å². The number of carbonyl (C=O) groups excluding carboxylic acids is 2. The first-order valence-electron chi connectivity index (χ1n) is 13.0. The molecule has 1 fully saturated rings. The van der Waals surface area contributed by atoms with Gasteiger partial charge in [-0.1, -0.05) is 81.1 Å². The molecule has 1 heterocycles. The fraction of sp³-hybridized carbons (Fsp3) is 0.375. The number of aryl methyl sites for hydroxylation is 1. The van der Waals surface area contributed by atoms with Crippen LogP contribution in [0.15, 0.2) is 90.8 Å². The molecule has 0 bridgehead atoms. The van der Waals surface area contributed by atoms with Crippen LogP contribution >= 0.6 is 0 Å². The summed E-state index contributed by atoms with van der Waals surface area (Å²) < 4.78 is 25.4. The van der Waals surface area contributed by atoms with Crippen molar-refractivity contribution in [2.75, 3.05) is 20.1 Å². The average Bonchev–Trinajstić information content (AvgIpc) is 2.94. The zero-order chi connectivity index (χ0) is 28.4. The molecule has 2 aromatic rings. The number of rotatable bonds is 8. The van der Waals surface area contributed by atoms with E-state index in [1.165, 1.54) is 24.6 Å². The summed E-state index contributed by atoms with van der Waals surface area (Å²) >= 11 is 0. The summed E-state index contributed by atoms with van der Waals surface area (Å²) in [5.41, 5.74) is 3.27. The first-order chi connectivity index (χ1) is 18.2. The first-order valence-corrected chi connectivity index (χ1v) is 13.0. The highest BCUT2D eigenvalue weighted by Crippen LogP contribution is 2.35. The Hall–Kier alpha value is -3.54. The summed E-state index contributed by atoms with van der Waals surface area (Å²) in [6.45, 7) is 10.8. The quantitative estimate of drug-likeness (QED) is 0.296. The van der Waals surface area contributed by atoms with E-state index in [1.807, 2.05) is 17.9 Å². The predicted octanol–water partition coefficient (Wildman–Crippen LogP) is 7.08. The third-order valence-corrected chi connectivity index (χ3v) is 6.61. The van der Waals surface area contributed by atoms with Gasteiger partial charge in [0.1, 0.15) is 5.82 Å². The Labute approximate surface area is 227 Å². The van der Waals surface area contributed by atoms with Crippen LogP contribution in [0.1, 0.15) is 57.6 Å². The normalized spacial score (nSPS) is 14.7. The van der Waals surface area contributed by atoms with Gasteiger partial charge in [0, 0.05) is 26.6 Å². The van der Waals surface area contributed by atoms with Crippen molar-refractivity contribution in [2.24, 2.45) is 0 Å². The topological polar surface area (TPSA) is 49.4 Å². The van der Waals surface area contributed by atoms with E-state index in [9.17, 15) is 13.6 Å². The third kappa shape index (κ3) is 11.7. The molecule has 6 heteroatoms. The molecule has 38 heavy (non-hydrogen) atoms. The van der Waals surface area contributed by atoms with E-state index >= 15 is 0 Å². The monoisotopic (exact) mass is 524 g/mol. The third-order valence-electron chi connectivity index (χ3n) is 6.61. The molecule has 1 aliphatic rings. The molecule has 0 unspecified atom stereocenters. The van der Waals surface area contributed by atoms with E-state index < -0.39 is 0 Å². The number of nitrogens with zero attached hydrogens (tertiary/aromatic N) is 1. The highest BCUT2D eigenvalue weighted by atomic mass is 19.1. The maximum absolute atomic E-state index is 12.9. The zero-order valence-electron chi connectivity index (χ0n) is 23.2. The fourth-order valence-electron chi connectivity index (χ4n) is 4.10. The van der Waals surface area contributed by atoms with Crippen molar-refractivity contribution in [1.82, 2.24) is 10.2 Å². The van der Waals surface area contributed by atoms with Gasteiger partial charge < -0.3 is 10.2 Å². The van der Waals surface area contributed by atoms with E-state index in [-0.39, 0.29) is 23.0 Å². The van der Waals surface area contributed by atoms with Crippen molar-refractivity contribution >= 4 is 12.3 Å². The number of hydrogen-bond acceptors (Lipinski definition) is 2. The first kappa shape index (κ1) is 32.5. The predicted molar refractivity (Wildman–Crippen MR) is 153 cm³/mol. The lowest BCUT2D eigenvalue weighted by molar-refractivity contribution is -0.132. The highest BCUT2D eigenvalue weighted by molar-refractivity contribution is 5.76. The maximum atomic E-state index is 12.9. The Bertz CT molecular complexity index is 1030. The van der Waals surface area contributed by atoms with Gasteiger partial charge in [-0.25, -0.2) is 8.78 Å². The molecule has 0 radical (unpaired) electrons. The fourth-order valence-corrected chi connectivity index (χ4v) is 4.10. The Balaban J connectivity index is 0.000000431. The van der Waals surface area contributed by atoms with Crippen molar-refractivity contribution in [3.8, 4) is 0 Å². The zero-order valence-corrected chi connectivity index (χ0v) is 23.2. The van der Waals surface area contributed by atoms with Crippen LogP contribution in [0.4, 0.5) is 8.78 Å². The summed E-state index contributed by atoms with van der Waals surface area (Å²) in [5, 5.41) is 2.25. The Morgan fingerprint density at radius 1 is 1.11 bits per heavy atom. The van der Waals surface area contributed by atoms with Crippen LogP contribution in [0.5, 0.6) is 0 Å². The number of hydrogen-bond donors (Lipinski definition) is 1. The lowest BCUT2D eigenvalue weighted by atomic mass is 9.74. The molecule has 0 saturated carbocycles. The smallest absolute Gasteiger partial charge is 0.222 e. The van der Waals surface area contributed by atoms with Crippen molar-refractivity contribution in [2.45, 2.75) is 58.3 Å². The number of piperidine rings is 1. The molecule has 206 valence electrons. The molecular formula is C32H42F2N2O2. The maximum Gasteiger partial charge on any atom is 0.222 e. The van der Waals surface area contributed by atoms with E-state index in [1.54, 1.807) is 37.4 Å². The number of halogens is 2. The molecule has 1 aliphatic heterocycles. The molecule has 2 aromatic carbocycles. The summed E-state index contributed by atoms with van der Waals surface area (Å²) in [5.74, 6) is -0.142. The SMILES string of the molecule is C=C/C=C\C(CC)=C(/C)F.CC1(c2ccccc2)CCN(C(=O)CCc2ccc(F)cc2)CC1.CNC=O. The van der Waals surface area contributed by atoms with Gasteiger partial charge in [-0.05, 0) is 66.9 Å². The van der Waals surface area contributed by atoms with Gasteiger partial charge in [0.05, 0.1) is 5.83 Å². The van der Waals surface area contributed by atoms with Gasteiger partial charge in [-0.2, -0.15) is 0 Å². The standard InChI is InChI=1S/C21H24FNO.C9H13F.C2H5NO/c1-21(18-5-3-2-4-6-18)13-15-23(16-14-21)20(24)12-9-17-7-10-19(22)11-8-17;1-4-6-7-9(5-2)8(3)10;1-3-2-4/h2-8,10-11H,9,12-16H2,1H3;4,6-7H,1,5H2,2-3H3;2H,1H3,(H,3,4)/b;7-6-,9-8+;. The van der Waals surface area contributed by atoms with Crippen molar-refractivity contribution in [3.63, 3.8) is 0 Å². The number of carbonyl (C=O) groups is 2. The minimum absolute atomic E-state index is 0.111. The van der Waals surface area contributed by atoms with E-state index in [0.717, 1.165) is 43.5 Å². The van der Waals surface area contributed by atoms with Crippen LogP contribution in [0.2, 0.25) is 0 Å². The van der Waals surface area contributed by atoms with E-state index in [2.05, 4.69) is 43.1 Å². The molecule has 3 rings (SSSR count). The summed E-state index contributed by atoms with van der Waals surface area (Å²) in [7, 11) is 1.56. The highest BCUT2D eigenvalue weighted by Gasteiger charge is 2.32. The Morgan fingerprint density at radius 3 is 2.16 bits per heavy atom. The molecular weight excluding hydrogens is 482 g/mol. The van der Waals surface area contributed by atoms with Gasteiger partial charge in [0.25, 0.3) is 0 Å². The molecule has 2 amide bonds. The molecule has 0 aliphatic carbocycles. The number of benzene rings is 2. The summed E-state index contributed by atoms with van der Waals surface area (Å²) in [6.07, 6.45) is 9.63. The van der Waals surface area contributed by atoms with Gasteiger partial charge in [0.2, 0.25) is 12.3 Å². The Kier molecular flexibility index (Phi) is 15.2. The number of amides is 2. The van der Waals surface area contributed by atoms with Crippen molar-refractivity contribution in [1.29, 1.82) is 0 Å². The van der Waals surface area contributed by atoms with Gasteiger partial charge >= 0.3 is 0 Å². The van der Waals surface area contributed by atoms with Crippen molar-refractivity contribution in [3.05, 3.63) is 108 Å². The van der Waals surface area contributed by atoms with E-state index in [0.29, 0.717) is 19.3 Å². The molecule has 1 N–H and O–H groups in total. The van der Waals surface area contributed by atoms with Crippen LogP contribution in [0.25, 0.3) is 0 Å². The van der Waals surface area contributed by atoms with Crippen molar-refractivity contribution < 1.29 is 18.4 Å². The second-order valence-corrected chi connectivity index (χ2v) is 9.35. The number of likely N-dealkylation sites (tertiary alicyclic amines) is 1. The van der Waals surface area contributed by atoms with Gasteiger partial charge in [0.15, 0.2) is 0 Å². The second kappa shape index (κ2) is 17.8. The van der Waals surface area contributed by atoms with E-state index in [4.69, 9.17) is 4.79 Å². The minimum Gasteiger partial charge on any atom is -0.362 e. The number of allylic oxidation sites excluding steroid dienone is 5. The molecule has 0 spiro atoms. The van der Waals surface area contributed by atoms with Crippen LogP contribution < -0.4 is 5.32 Å². The molecule has 1 saturated heterocycles. The summed E-state index contributed by atoms with van der Waals surface area (Å²) in [6, 6.07) is 17.0. The van der Waals surface area contributed by atoms with Crippen LogP contribution in [-0.4, -0.2) is 37.4 Å². The average molecular weight is 525 g/mol. The molecule has 0 aromatic heterocycles. The molecule has 4 nitrogen and oxygen atoms in total. The lowest BCUT2D eigenvalue weighted by Gasteiger charge is -2.40. The second-order valence-electron chi connectivity index (χ2n) is 9.35. The van der Waals surface area contributed by atoms with Crippen LogP contribution in [0.3, 0.4) is 0 Å². The van der Waals surface area contributed by atoms with Gasteiger partial charge in [-0.3, -0.25) is 9.59 Å². The largest absolute Gasteiger partial charge is 0.362 e. The Morgan fingerprint density at radius 2 is 1.68 bits per heavy atom. The molecule has 0 atom stereocenters. The van der Waals surface area contributed by atoms with Crippen LogP contribution in [0, 0.1) is 5.82 Å². The minimum atomic E-state index is -0.235. The van der Waals surface area contributed by atoms with Gasteiger partial charge in [-0.15, -0.1) is 0 Å². The lowest BCUT2D eigenvalue weighted by Crippen LogP contribution is -2.44. The summed E-state index contributed by atoms with van der Waals surface area (Å²) in [4.78, 5) is 23.5. The number of nitrogens with one attached hydrogen (secondary N) is 1.